The van der Waals surface area contributed by atoms with Crippen LogP contribution >= 0.6 is 11.8 Å². The molecule has 5 rings (SSSR count). The molecule has 2 aliphatic heterocycles. The third kappa shape index (κ3) is 3.55. The zero-order valence-corrected chi connectivity index (χ0v) is 16.8. The number of hydrogen-bond donors (Lipinski definition) is 1. The highest BCUT2D eigenvalue weighted by Crippen LogP contribution is 2.46. The van der Waals surface area contributed by atoms with Crippen molar-refractivity contribution in [3.63, 3.8) is 0 Å². The van der Waals surface area contributed by atoms with E-state index < -0.39 is 5.79 Å². The summed E-state index contributed by atoms with van der Waals surface area (Å²) in [6.07, 6.45) is 5.18. The van der Waals surface area contributed by atoms with Crippen molar-refractivity contribution in [3.8, 4) is 11.5 Å². The van der Waals surface area contributed by atoms with E-state index in [1.165, 1.54) is 18.2 Å². The fourth-order valence-electron chi connectivity index (χ4n) is 4.14. The number of rotatable bonds is 3. The smallest absolute Gasteiger partial charge is 0.251 e. The van der Waals surface area contributed by atoms with Gasteiger partial charge in [0, 0.05) is 29.5 Å². The Hall–Kier alpha value is -2.67. The number of carbonyl (C=O) groups excluding carboxylic acids is 2. The van der Waals surface area contributed by atoms with Gasteiger partial charge in [-0.05, 0) is 37.1 Å². The molecule has 1 saturated carbocycles. The Bertz CT molecular complexity index is 971. The number of ether oxygens (including phenoxy) is 2. The predicted molar refractivity (Wildman–Crippen MR) is 112 cm³/mol. The van der Waals surface area contributed by atoms with Crippen molar-refractivity contribution in [3.05, 3.63) is 42.5 Å². The SMILES string of the molecule is O=C(CN1C(=O)CSc2ccccc21)Nc1ccc2c(c1)OC1(CCCCC1)O2. The van der Waals surface area contributed by atoms with Crippen LogP contribution in [0.1, 0.15) is 32.1 Å². The normalized spacial score (nSPS) is 19.2. The van der Waals surface area contributed by atoms with E-state index in [4.69, 9.17) is 9.47 Å². The minimum absolute atomic E-state index is 0.0191. The maximum absolute atomic E-state index is 12.6. The van der Waals surface area contributed by atoms with Crippen LogP contribution in [-0.2, 0) is 9.59 Å². The molecule has 29 heavy (non-hydrogen) atoms. The molecule has 0 saturated heterocycles. The van der Waals surface area contributed by atoms with Crippen LogP contribution in [0, 0.1) is 0 Å². The number of benzene rings is 2. The lowest BCUT2D eigenvalue weighted by atomic mass is 9.94. The van der Waals surface area contributed by atoms with Gasteiger partial charge >= 0.3 is 0 Å². The Morgan fingerprint density at radius 3 is 2.72 bits per heavy atom. The highest BCUT2D eigenvalue weighted by atomic mass is 32.2. The first kappa shape index (κ1) is 18.4. The predicted octanol–water partition coefficient (Wildman–Crippen LogP) is 4.20. The Labute approximate surface area is 173 Å². The number of amides is 2. The average Bonchev–Trinajstić information content (AvgIpc) is 3.07. The van der Waals surface area contributed by atoms with E-state index in [9.17, 15) is 9.59 Å². The topological polar surface area (TPSA) is 67.9 Å². The average molecular weight is 410 g/mol. The molecule has 0 aromatic heterocycles. The number of carbonyl (C=O) groups is 2. The van der Waals surface area contributed by atoms with E-state index >= 15 is 0 Å². The van der Waals surface area contributed by atoms with Crippen LogP contribution in [0.4, 0.5) is 11.4 Å². The Kier molecular flexibility index (Phi) is 4.62. The molecule has 0 unspecified atom stereocenters. The minimum atomic E-state index is -0.537. The van der Waals surface area contributed by atoms with Gasteiger partial charge in [0.2, 0.25) is 11.8 Å². The second kappa shape index (κ2) is 7.30. The lowest BCUT2D eigenvalue weighted by Crippen LogP contribution is -2.41. The number of nitrogens with zero attached hydrogens (tertiary/aromatic N) is 1. The summed E-state index contributed by atoms with van der Waals surface area (Å²) in [6, 6.07) is 13.1. The first-order valence-electron chi connectivity index (χ1n) is 9.96. The van der Waals surface area contributed by atoms with Crippen molar-refractivity contribution >= 4 is 35.0 Å². The summed E-state index contributed by atoms with van der Waals surface area (Å²) in [6.45, 7) is -0.0191. The van der Waals surface area contributed by atoms with Gasteiger partial charge in [-0.3, -0.25) is 9.59 Å². The molecule has 0 radical (unpaired) electrons. The highest BCUT2D eigenvalue weighted by Gasteiger charge is 2.42. The monoisotopic (exact) mass is 410 g/mol. The van der Waals surface area contributed by atoms with Crippen LogP contribution in [0.15, 0.2) is 47.4 Å². The summed E-state index contributed by atoms with van der Waals surface area (Å²) in [7, 11) is 0. The minimum Gasteiger partial charge on any atom is -0.448 e. The third-order valence-corrected chi connectivity index (χ3v) is 6.59. The van der Waals surface area contributed by atoms with Gasteiger partial charge in [-0.2, -0.15) is 0 Å². The molecule has 0 atom stereocenters. The van der Waals surface area contributed by atoms with E-state index in [1.54, 1.807) is 11.0 Å². The summed E-state index contributed by atoms with van der Waals surface area (Å²) in [4.78, 5) is 27.6. The highest BCUT2D eigenvalue weighted by molar-refractivity contribution is 8.00. The largest absolute Gasteiger partial charge is 0.448 e. The molecular formula is C22H22N2O4S. The van der Waals surface area contributed by atoms with E-state index in [2.05, 4.69) is 5.32 Å². The van der Waals surface area contributed by atoms with Crippen LogP contribution in [0.3, 0.4) is 0 Å². The zero-order chi connectivity index (χ0) is 19.8. The third-order valence-electron chi connectivity index (χ3n) is 5.54. The van der Waals surface area contributed by atoms with Gasteiger partial charge in [0.05, 0.1) is 11.4 Å². The molecule has 6 nitrogen and oxygen atoms in total. The van der Waals surface area contributed by atoms with Crippen molar-refractivity contribution in [1.29, 1.82) is 0 Å². The molecule has 1 spiro atoms. The molecule has 2 aromatic carbocycles. The number of fused-ring (bicyclic) bond motifs is 2. The van der Waals surface area contributed by atoms with Crippen LogP contribution < -0.4 is 19.7 Å². The van der Waals surface area contributed by atoms with Crippen molar-refractivity contribution in [1.82, 2.24) is 0 Å². The van der Waals surface area contributed by atoms with Gasteiger partial charge in [-0.1, -0.05) is 18.6 Å². The molecule has 1 aliphatic carbocycles. The first-order chi connectivity index (χ1) is 14.1. The van der Waals surface area contributed by atoms with Gasteiger partial charge in [0.25, 0.3) is 5.79 Å². The molecule has 150 valence electrons. The second-order valence-corrected chi connectivity index (χ2v) is 8.64. The Morgan fingerprint density at radius 2 is 1.86 bits per heavy atom. The standard InChI is InChI=1S/C22H22N2O4S/c25-20(13-24-16-6-2-3-7-19(16)29-14-21(24)26)23-15-8-9-17-18(12-15)28-22(27-17)10-4-1-5-11-22/h2-3,6-9,12H,1,4-5,10-11,13-14H2,(H,23,25). The van der Waals surface area contributed by atoms with Crippen molar-refractivity contribution in [2.75, 3.05) is 22.5 Å². The molecule has 2 aromatic rings. The van der Waals surface area contributed by atoms with Gasteiger partial charge < -0.3 is 19.7 Å². The Morgan fingerprint density at radius 1 is 1.07 bits per heavy atom. The first-order valence-corrected chi connectivity index (χ1v) is 10.9. The molecular weight excluding hydrogens is 388 g/mol. The summed E-state index contributed by atoms with van der Waals surface area (Å²) >= 11 is 1.50. The van der Waals surface area contributed by atoms with Gasteiger partial charge in [0.15, 0.2) is 11.5 Å². The van der Waals surface area contributed by atoms with Crippen LogP contribution in [0.5, 0.6) is 11.5 Å². The fourth-order valence-corrected chi connectivity index (χ4v) is 5.07. The quantitative estimate of drug-likeness (QED) is 0.822. The van der Waals surface area contributed by atoms with E-state index in [0.717, 1.165) is 42.0 Å². The number of nitrogens with one attached hydrogen (secondary N) is 1. The lowest BCUT2D eigenvalue weighted by Gasteiger charge is -2.31. The van der Waals surface area contributed by atoms with Gasteiger partial charge in [-0.25, -0.2) is 0 Å². The van der Waals surface area contributed by atoms with Gasteiger partial charge in [-0.15, -0.1) is 11.8 Å². The molecule has 1 N–H and O–H groups in total. The Balaban J connectivity index is 1.28. The van der Waals surface area contributed by atoms with E-state index in [1.807, 2.05) is 36.4 Å². The molecule has 1 fully saturated rings. The molecule has 3 aliphatic rings. The van der Waals surface area contributed by atoms with Gasteiger partial charge in [0.1, 0.15) is 6.54 Å². The van der Waals surface area contributed by atoms with E-state index in [0.29, 0.717) is 17.2 Å². The van der Waals surface area contributed by atoms with Crippen molar-refractivity contribution in [2.24, 2.45) is 0 Å². The van der Waals surface area contributed by atoms with Crippen LogP contribution in [0.25, 0.3) is 0 Å². The molecule has 2 amide bonds. The second-order valence-electron chi connectivity index (χ2n) is 7.62. The molecule has 2 heterocycles. The summed E-state index contributed by atoms with van der Waals surface area (Å²) in [5.41, 5.74) is 1.42. The summed E-state index contributed by atoms with van der Waals surface area (Å²) < 4.78 is 12.2. The van der Waals surface area contributed by atoms with Crippen molar-refractivity contribution < 1.29 is 19.1 Å². The fraction of sp³-hybridized carbons (Fsp3) is 0.364. The van der Waals surface area contributed by atoms with Crippen molar-refractivity contribution in [2.45, 2.75) is 42.8 Å². The zero-order valence-electron chi connectivity index (χ0n) is 16.0. The summed E-state index contributed by atoms with van der Waals surface area (Å²) in [5, 5.41) is 2.89. The van der Waals surface area contributed by atoms with Crippen LogP contribution in [-0.4, -0.2) is 29.9 Å². The lowest BCUT2D eigenvalue weighted by molar-refractivity contribution is -0.120. The maximum atomic E-state index is 12.6. The maximum Gasteiger partial charge on any atom is 0.251 e. The van der Waals surface area contributed by atoms with Crippen LogP contribution in [0.2, 0.25) is 0 Å². The summed E-state index contributed by atoms with van der Waals surface area (Å²) in [5.74, 6) is 0.893. The number of anilines is 2. The molecule has 7 heteroatoms. The molecule has 0 bridgehead atoms. The number of thioether (sulfide) groups is 1. The number of hydrogen-bond acceptors (Lipinski definition) is 5. The van der Waals surface area contributed by atoms with E-state index in [-0.39, 0.29) is 18.4 Å². The number of para-hydroxylation sites is 1.